The third kappa shape index (κ3) is 9.04. The number of carbonyl (C=O) groups is 2. The fraction of sp³-hybridized carbons (Fsp3) is 0.333. The zero-order valence-electron chi connectivity index (χ0n) is 20.9. The summed E-state index contributed by atoms with van der Waals surface area (Å²) in [6, 6.07) is 26.2. The minimum absolute atomic E-state index is 0.0647. The highest BCUT2D eigenvalue weighted by molar-refractivity contribution is 6.30. The van der Waals surface area contributed by atoms with E-state index < -0.39 is 6.04 Å². The molecular formula is C30H35ClN2O3. The molecule has 1 N–H and O–H groups in total. The molecule has 0 fully saturated rings. The van der Waals surface area contributed by atoms with Gasteiger partial charge < -0.3 is 15.0 Å². The smallest absolute Gasteiger partial charge is 0.243 e. The van der Waals surface area contributed by atoms with Gasteiger partial charge in [0.05, 0.1) is 6.61 Å². The lowest BCUT2D eigenvalue weighted by molar-refractivity contribution is -0.141. The predicted molar refractivity (Wildman–Crippen MR) is 145 cm³/mol. The fourth-order valence-electron chi connectivity index (χ4n) is 3.93. The molecule has 6 heteroatoms. The topological polar surface area (TPSA) is 58.6 Å². The van der Waals surface area contributed by atoms with E-state index in [1.807, 2.05) is 72.8 Å². The number of rotatable bonds is 14. The standard InChI is InChI=1S/C30H35ClN2O3/c1-2-3-20-32-30(35)28(22-24-11-6-4-7-12-24)33(23-25-13-8-5-9-14-25)29(34)15-10-21-36-27-18-16-26(31)17-19-27/h4-9,11-14,16-19,28H,2-3,10,15,20-23H2,1H3,(H,32,35). The van der Waals surface area contributed by atoms with E-state index in [1.165, 1.54) is 0 Å². The molecule has 5 nitrogen and oxygen atoms in total. The molecule has 0 saturated heterocycles. The monoisotopic (exact) mass is 506 g/mol. The highest BCUT2D eigenvalue weighted by atomic mass is 35.5. The Morgan fingerprint density at radius 1 is 0.889 bits per heavy atom. The fourth-order valence-corrected chi connectivity index (χ4v) is 4.05. The predicted octanol–water partition coefficient (Wildman–Crippen LogP) is 6.06. The summed E-state index contributed by atoms with van der Waals surface area (Å²) in [6.45, 7) is 3.46. The number of halogens is 1. The number of nitrogens with zero attached hydrogens (tertiary/aromatic N) is 1. The van der Waals surface area contributed by atoms with Crippen LogP contribution >= 0.6 is 11.6 Å². The van der Waals surface area contributed by atoms with E-state index in [1.54, 1.807) is 17.0 Å². The molecule has 190 valence electrons. The van der Waals surface area contributed by atoms with Crippen LogP contribution in [0.15, 0.2) is 84.9 Å². The summed E-state index contributed by atoms with van der Waals surface area (Å²) in [7, 11) is 0. The van der Waals surface area contributed by atoms with Gasteiger partial charge in [-0.15, -0.1) is 0 Å². The first-order valence-electron chi connectivity index (χ1n) is 12.6. The highest BCUT2D eigenvalue weighted by Gasteiger charge is 2.30. The molecule has 0 aliphatic rings. The van der Waals surface area contributed by atoms with Crippen molar-refractivity contribution < 1.29 is 14.3 Å². The quantitative estimate of drug-likeness (QED) is 0.270. The average Bonchev–Trinajstić information content (AvgIpc) is 2.91. The van der Waals surface area contributed by atoms with Crippen LogP contribution in [0.4, 0.5) is 0 Å². The van der Waals surface area contributed by atoms with Gasteiger partial charge in [0.15, 0.2) is 0 Å². The lowest BCUT2D eigenvalue weighted by Gasteiger charge is -2.31. The molecular weight excluding hydrogens is 472 g/mol. The summed E-state index contributed by atoms with van der Waals surface area (Å²) in [4.78, 5) is 28.6. The summed E-state index contributed by atoms with van der Waals surface area (Å²) >= 11 is 5.93. The zero-order chi connectivity index (χ0) is 25.6. The van der Waals surface area contributed by atoms with Gasteiger partial charge in [-0.1, -0.05) is 85.6 Å². The first-order chi connectivity index (χ1) is 17.6. The van der Waals surface area contributed by atoms with Gasteiger partial charge >= 0.3 is 0 Å². The molecule has 1 atom stereocenters. The molecule has 3 aromatic rings. The molecule has 0 heterocycles. The van der Waals surface area contributed by atoms with E-state index in [0.717, 1.165) is 24.0 Å². The Balaban J connectivity index is 1.74. The summed E-state index contributed by atoms with van der Waals surface area (Å²) < 4.78 is 5.77. The molecule has 0 saturated carbocycles. The van der Waals surface area contributed by atoms with Crippen LogP contribution in [0.1, 0.15) is 43.7 Å². The second-order valence-electron chi connectivity index (χ2n) is 8.76. The zero-order valence-corrected chi connectivity index (χ0v) is 21.6. The van der Waals surface area contributed by atoms with Crippen molar-refractivity contribution in [2.45, 2.75) is 51.6 Å². The molecule has 0 aromatic heterocycles. The van der Waals surface area contributed by atoms with Crippen molar-refractivity contribution in [1.29, 1.82) is 0 Å². The second-order valence-corrected chi connectivity index (χ2v) is 9.20. The highest BCUT2D eigenvalue weighted by Crippen LogP contribution is 2.18. The minimum Gasteiger partial charge on any atom is -0.494 e. The number of unbranched alkanes of at least 4 members (excludes halogenated alkanes) is 1. The molecule has 0 radical (unpaired) electrons. The third-order valence-electron chi connectivity index (χ3n) is 5.91. The van der Waals surface area contributed by atoms with E-state index in [4.69, 9.17) is 16.3 Å². The van der Waals surface area contributed by atoms with Crippen LogP contribution in [0, 0.1) is 0 Å². The Morgan fingerprint density at radius 3 is 2.17 bits per heavy atom. The largest absolute Gasteiger partial charge is 0.494 e. The number of carbonyl (C=O) groups excluding carboxylic acids is 2. The molecule has 0 aliphatic heterocycles. The second kappa shape index (κ2) is 14.9. The number of ether oxygens (including phenoxy) is 1. The van der Waals surface area contributed by atoms with Crippen molar-refractivity contribution in [3.8, 4) is 5.75 Å². The number of amides is 2. The van der Waals surface area contributed by atoms with E-state index in [2.05, 4.69) is 12.2 Å². The summed E-state index contributed by atoms with van der Waals surface area (Å²) in [5.41, 5.74) is 2.01. The number of hydrogen-bond acceptors (Lipinski definition) is 3. The normalized spacial score (nSPS) is 11.5. The van der Waals surface area contributed by atoms with E-state index in [0.29, 0.717) is 43.3 Å². The van der Waals surface area contributed by atoms with Crippen molar-refractivity contribution in [1.82, 2.24) is 10.2 Å². The summed E-state index contributed by atoms with van der Waals surface area (Å²) in [6.07, 6.45) is 3.18. The molecule has 0 aliphatic carbocycles. The van der Waals surface area contributed by atoms with Crippen molar-refractivity contribution >= 4 is 23.4 Å². The maximum Gasteiger partial charge on any atom is 0.243 e. The molecule has 0 spiro atoms. The van der Waals surface area contributed by atoms with Crippen molar-refractivity contribution in [2.24, 2.45) is 0 Å². The first kappa shape index (κ1) is 27.3. The molecule has 3 aromatic carbocycles. The lowest BCUT2D eigenvalue weighted by atomic mass is 10.0. The molecule has 36 heavy (non-hydrogen) atoms. The lowest BCUT2D eigenvalue weighted by Crippen LogP contribution is -2.50. The van der Waals surface area contributed by atoms with Crippen LogP contribution in [0.3, 0.4) is 0 Å². The minimum atomic E-state index is -0.603. The third-order valence-corrected chi connectivity index (χ3v) is 6.17. The molecule has 2 amide bonds. The van der Waals surface area contributed by atoms with Gasteiger partial charge in [0.2, 0.25) is 11.8 Å². The van der Waals surface area contributed by atoms with Gasteiger partial charge in [0, 0.05) is 31.0 Å². The molecule has 0 bridgehead atoms. The Labute approximate surface area is 219 Å². The number of hydrogen-bond donors (Lipinski definition) is 1. The Hall–Kier alpha value is -3.31. The number of nitrogens with one attached hydrogen (secondary N) is 1. The maximum absolute atomic E-state index is 13.5. The van der Waals surface area contributed by atoms with Crippen LogP contribution in [0.5, 0.6) is 5.75 Å². The van der Waals surface area contributed by atoms with Crippen LogP contribution < -0.4 is 10.1 Å². The van der Waals surface area contributed by atoms with Gasteiger partial charge in [-0.05, 0) is 48.2 Å². The van der Waals surface area contributed by atoms with E-state index in [9.17, 15) is 9.59 Å². The molecule has 3 rings (SSSR count). The van der Waals surface area contributed by atoms with E-state index >= 15 is 0 Å². The van der Waals surface area contributed by atoms with Gasteiger partial charge in [-0.3, -0.25) is 9.59 Å². The first-order valence-corrected chi connectivity index (χ1v) is 13.0. The Morgan fingerprint density at radius 2 is 1.53 bits per heavy atom. The average molecular weight is 507 g/mol. The van der Waals surface area contributed by atoms with E-state index in [-0.39, 0.29) is 18.2 Å². The molecule has 1 unspecified atom stereocenters. The van der Waals surface area contributed by atoms with Crippen LogP contribution in [-0.2, 0) is 22.6 Å². The summed E-state index contributed by atoms with van der Waals surface area (Å²) in [5, 5.41) is 3.70. The van der Waals surface area contributed by atoms with Gasteiger partial charge in [-0.2, -0.15) is 0 Å². The van der Waals surface area contributed by atoms with Gasteiger partial charge in [0.1, 0.15) is 11.8 Å². The Kier molecular flexibility index (Phi) is 11.3. The van der Waals surface area contributed by atoms with Gasteiger partial charge in [-0.25, -0.2) is 0 Å². The van der Waals surface area contributed by atoms with Crippen molar-refractivity contribution in [3.63, 3.8) is 0 Å². The van der Waals surface area contributed by atoms with Gasteiger partial charge in [0.25, 0.3) is 0 Å². The van der Waals surface area contributed by atoms with Crippen LogP contribution in [0.2, 0.25) is 5.02 Å². The van der Waals surface area contributed by atoms with Crippen LogP contribution in [0.25, 0.3) is 0 Å². The Bertz CT molecular complexity index is 1060. The SMILES string of the molecule is CCCCNC(=O)C(Cc1ccccc1)N(Cc1ccccc1)C(=O)CCCOc1ccc(Cl)cc1. The maximum atomic E-state index is 13.5. The van der Waals surface area contributed by atoms with Crippen LogP contribution in [-0.4, -0.2) is 35.9 Å². The summed E-state index contributed by atoms with van der Waals surface area (Å²) in [5.74, 6) is 0.532. The number of benzene rings is 3. The van der Waals surface area contributed by atoms with Crippen molar-refractivity contribution in [3.05, 3.63) is 101 Å². The van der Waals surface area contributed by atoms with Crippen molar-refractivity contribution in [2.75, 3.05) is 13.2 Å².